The number of hydrogen-bond acceptors (Lipinski definition) is 5. The van der Waals surface area contributed by atoms with Crippen LogP contribution in [0.15, 0.2) is 67.1 Å². The van der Waals surface area contributed by atoms with Crippen LogP contribution in [0.3, 0.4) is 0 Å². The topological polar surface area (TPSA) is 80.0 Å². The number of rotatable bonds is 8. The number of aromatic nitrogens is 3. The van der Waals surface area contributed by atoms with Crippen molar-refractivity contribution in [3.63, 3.8) is 0 Å². The van der Waals surface area contributed by atoms with Gasteiger partial charge in [-0.2, -0.15) is 5.10 Å². The number of aliphatic hydroxyl groups excluding tert-OH is 1. The van der Waals surface area contributed by atoms with Crippen LogP contribution in [0.2, 0.25) is 0 Å². The summed E-state index contributed by atoms with van der Waals surface area (Å²) in [6.07, 6.45) is 4.29. The Hall–Kier alpha value is -3.57. The molecule has 4 rings (SSSR count). The first-order chi connectivity index (χ1) is 16.3. The van der Waals surface area contributed by atoms with Crippen LogP contribution in [0.4, 0.5) is 17.6 Å². The molecule has 1 amide bonds. The van der Waals surface area contributed by atoms with Crippen molar-refractivity contribution < 1.29 is 27.5 Å². The number of amides is 1. The fraction of sp³-hybridized carbons (Fsp3) is 0.174. The SMILES string of the molecule is O=C(N[C@H](Cn1cccn1)C(F)(F)CO)c1cccc(F)c1-c1ncc(-c2ccc(F)cc2)s1. The van der Waals surface area contributed by atoms with Crippen LogP contribution in [0.25, 0.3) is 21.0 Å². The third-order valence-corrected chi connectivity index (χ3v) is 6.13. The van der Waals surface area contributed by atoms with E-state index in [1.807, 2.05) is 0 Å². The highest BCUT2D eigenvalue weighted by atomic mass is 32.1. The summed E-state index contributed by atoms with van der Waals surface area (Å²) in [5, 5.41) is 15.4. The maximum absolute atomic E-state index is 14.8. The van der Waals surface area contributed by atoms with Crippen molar-refractivity contribution in [3.05, 3.63) is 84.3 Å². The summed E-state index contributed by atoms with van der Waals surface area (Å²) in [5.41, 5.74) is 0.303. The predicted molar refractivity (Wildman–Crippen MR) is 118 cm³/mol. The lowest BCUT2D eigenvalue weighted by molar-refractivity contribution is -0.0815. The van der Waals surface area contributed by atoms with E-state index in [1.54, 1.807) is 12.1 Å². The number of alkyl halides is 2. The molecular formula is C23H18F4N4O2S. The first-order valence-corrected chi connectivity index (χ1v) is 10.9. The van der Waals surface area contributed by atoms with Gasteiger partial charge >= 0.3 is 0 Å². The molecular weight excluding hydrogens is 472 g/mol. The number of nitrogens with one attached hydrogen (secondary N) is 1. The molecule has 4 aromatic rings. The smallest absolute Gasteiger partial charge is 0.292 e. The van der Waals surface area contributed by atoms with E-state index in [9.17, 15) is 22.4 Å². The molecule has 0 saturated carbocycles. The summed E-state index contributed by atoms with van der Waals surface area (Å²) in [4.78, 5) is 17.8. The van der Waals surface area contributed by atoms with Crippen LogP contribution < -0.4 is 5.32 Å². The molecule has 2 N–H and O–H groups in total. The minimum atomic E-state index is -3.66. The van der Waals surface area contributed by atoms with E-state index in [-0.39, 0.29) is 16.1 Å². The Morgan fingerprint density at radius 1 is 1.15 bits per heavy atom. The zero-order valence-corrected chi connectivity index (χ0v) is 18.3. The lowest BCUT2D eigenvalue weighted by Gasteiger charge is -2.26. The number of halogens is 4. The molecule has 2 aromatic carbocycles. The first kappa shape index (κ1) is 23.6. The summed E-state index contributed by atoms with van der Waals surface area (Å²) in [7, 11) is 0. The molecule has 6 nitrogen and oxygen atoms in total. The molecule has 0 radical (unpaired) electrons. The molecule has 34 heavy (non-hydrogen) atoms. The highest BCUT2D eigenvalue weighted by molar-refractivity contribution is 7.18. The zero-order valence-electron chi connectivity index (χ0n) is 17.5. The van der Waals surface area contributed by atoms with Crippen molar-refractivity contribution in [3.8, 4) is 21.0 Å². The zero-order chi connectivity index (χ0) is 24.3. The van der Waals surface area contributed by atoms with Crippen molar-refractivity contribution in [2.24, 2.45) is 0 Å². The average molecular weight is 490 g/mol. The number of thiazole rings is 1. The fourth-order valence-corrected chi connectivity index (χ4v) is 4.28. The molecule has 0 fully saturated rings. The van der Waals surface area contributed by atoms with E-state index in [0.717, 1.165) is 17.4 Å². The van der Waals surface area contributed by atoms with E-state index in [4.69, 9.17) is 5.11 Å². The molecule has 0 aliphatic rings. The fourth-order valence-electron chi connectivity index (χ4n) is 3.29. The minimum absolute atomic E-state index is 0.150. The predicted octanol–water partition coefficient (Wildman–Crippen LogP) is 4.38. The lowest BCUT2D eigenvalue weighted by Crippen LogP contribution is -2.52. The van der Waals surface area contributed by atoms with Gasteiger partial charge in [0.1, 0.15) is 29.3 Å². The molecule has 0 unspecified atom stereocenters. The van der Waals surface area contributed by atoms with E-state index >= 15 is 0 Å². The molecule has 0 aliphatic heterocycles. The third kappa shape index (κ3) is 5.00. The van der Waals surface area contributed by atoms with E-state index in [1.165, 1.54) is 53.6 Å². The maximum Gasteiger partial charge on any atom is 0.292 e. The highest BCUT2D eigenvalue weighted by Gasteiger charge is 2.41. The summed E-state index contributed by atoms with van der Waals surface area (Å²) >= 11 is 1.07. The second kappa shape index (κ2) is 9.74. The van der Waals surface area contributed by atoms with Crippen molar-refractivity contribution in [2.45, 2.75) is 18.5 Å². The Balaban J connectivity index is 1.66. The molecule has 0 bridgehead atoms. The van der Waals surface area contributed by atoms with E-state index in [0.29, 0.717) is 10.4 Å². The third-order valence-electron chi connectivity index (χ3n) is 5.06. The number of aliphatic hydroxyl groups is 1. The Labute approximate surface area is 195 Å². The van der Waals surface area contributed by atoms with Crippen molar-refractivity contribution in [1.29, 1.82) is 0 Å². The molecule has 2 heterocycles. The van der Waals surface area contributed by atoms with Crippen LogP contribution in [-0.2, 0) is 6.54 Å². The summed E-state index contributed by atoms with van der Waals surface area (Å²) in [6, 6.07) is 9.07. The van der Waals surface area contributed by atoms with Crippen molar-refractivity contribution >= 4 is 17.2 Å². The van der Waals surface area contributed by atoms with Crippen LogP contribution in [0.1, 0.15) is 10.4 Å². The summed E-state index contributed by atoms with van der Waals surface area (Å²) < 4.78 is 58.0. The Morgan fingerprint density at radius 3 is 2.59 bits per heavy atom. The van der Waals surface area contributed by atoms with Gasteiger partial charge in [-0.1, -0.05) is 18.2 Å². The Bertz CT molecular complexity index is 1280. The number of carbonyl (C=O) groups excluding carboxylic acids is 1. The van der Waals surface area contributed by atoms with E-state index < -0.39 is 42.7 Å². The Morgan fingerprint density at radius 2 is 1.91 bits per heavy atom. The van der Waals surface area contributed by atoms with Gasteiger partial charge in [-0.15, -0.1) is 11.3 Å². The van der Waals surface area contributed by atoms with Gasteiger partial charge in [0.15, 0.2) is 0 Å². The maximum atomic E-state index is 14.8. The molecule has 0 aliphatic carbocycles. The quantitative estimate of drug-likeness (QED) is 0.360. The van der Waals surface area contributed by atoms with Crippen molar-refractivity contribution in [2.75, 3.05) is 6.61 Å². The first-order valence-electron chi connectivity index (χ1n) is 10.1. The molecule has 11 heteroatoms. The van der Waals surface area contributed by atoms with Crippen LogP contribution in [0, 0.1) is 11.6 Å². The van der Waals surface area contributed by atoms with Gasteiger partial charge in [0, 0.05) is 18.6 Å². The molecule has 1 atom stereocenters. The molecule has 0 spiro atoms. The molecule has 2 aromatic heterocycles. The van der Waals surface area contributed by atoms with Gasteiger partial charge in [-0.3, -0.25) is 9.48 Å². The van der Waals surface area contributed by atoms with Gasteiger partial charge in [0.05, 0.1) is 22.5 Å². The number of carbonyl (C=O) groups is 1. The lowest BCUT2D eigenvalue weighted by atomic mass is 10.0. The number of hydrogen-bond donors (Lipinski definition) is 2. The molecule has 0 saturated heterocycles. The van der Waals surface area contributed by atoms with Gasteiger partial charge in [-0.25, -0.2) is 22.5 Å². The second-order valence-corrected chi connectivity index (χ2v) is 8.40. The number of nitrogens with zero attached hydrogens (tertiary/aromatic N) is 3. The standard InChI is InChI=1S/C23H18F4N4O2S/c24-15-7-5-14(6-8-15)18-11-28-22(34-18)20-16(3-1-4-17(20)25)21(33)30-19(23(26,27)13-32)12-31-10-2-9-29-31/h1-11,19,32H,12-13H2,(H,30,33)/t19-/m1/s1. The Kier molecular flexibility index (Phi) is 6.75. The van der Waals surface area contributed by atoms with Crippen LogP contribution >= 0.6 is 11.3 Å². The highest BCUT2D eigenvalue weighted by Crippen LogP contribution is 2.35. The van der Waals surface area contributed by atoms with Gasteiger partial charge in [0.2, 0.25) is 0 Å². The normalized spacial score (nSPS) is 12.5. The van der Waals surface area contributed by atoms with Gasteiger partial charge in [-0.05, 0) is 35.9 Å². The van der Waals surface area contributed by atoms with Crippen LogP contribution in [-0.4, -0.2) is 44.3 Å². The average Bonchev–Trinajstić information content (AvgIpc) is 3.51. The monoisotopic (exact) mass is 490 g/mol. The van der Waals surface area contributed by atoms with E-state index in [2.05, 4.69) is 15.4 Å². The van der Waals surface area contributed by atoms with Crippen molar-refractivity contribution in [1.82, 2.24) is 20.1 Å². The second-order valence-electron chi connectivity index (χ2n) is 7.37. The van der Waals surface area contributed by atoms with Gasteiger partial charge < -0.3 is 10.4 Å². The minimum Gasteiger partial charge on any atom is -0.390 e. The summed E-state index contributed by atoms with van der Waals surface area (Å²) in [6.45, 7) is -1.91. The molecule has 176 valence electrons. The summed E-state index contributed by atoms with van der Waals surface area (Å²) in [5.74, 6) is -5.79. The van der Waals surface area contributed by atoms with Gasteiger partial charge in [0.25, 0.3) is 11.8 Å². The van der Waals surface area contributed by atoms with Crippen LogP contribution in [0.5, 0.6) is 0 Å². The number of benzene rings is 2. The largest absolute Gasteiger partial charge is 0.390 e.